The van der Waals surface area contributed by atoms with Gasteiger partial charge in [0.1, 0.15) is 0 Å². The fourth-order valence-corrected chi connectivity index (χ4v) is 8.17. The summed E-state index contributed by atoms with van der Waals surface area (Å²) < 4.78 is 0. The fourth-order valence-electron chi connectivity index (χ4n) is 8.17. The SMILES string of the molecule is c1ccc(N(c2ccccc2)c2ccc(N(c3ccccc3)c3cncc(-c4cncc(N(c5ccccc5)c5ccc(N(c6ccccc6)c6ccccc6)cc5)c4)c3)cc2)cc1. The van der Waals surface area contributed by atoms with Gasteiger partial charge < -0.3 is 19.6 Å². The molecule has 64 heavy (non-hydrogen) atoms. The van der Waals surface area contributed by atoms with Crippen LogP contribution >= 0.6 is 0 Å². The normalized spacial score (nSPS) is 10.8. The Morgan fingerprint density at radius 3 is 0.594 bits per heavy atom. The quantitative estimate of drug-likeness (QED) is 0.115. The first-order chi connectivity index (χ1) is 31.8. The van der Waals surface area contributed by atoms with Gasteiger partial charge in [0.05, 0.1) is 23.8 Å². The van der Waals surface area contributed by atoms with Gasteiger partial charge in [-0.25, -0.2) is 0 Å². The van der Waals surface area contributed by atoms with Crippen molar-refractivity contribution in [2.24, 2.45) is 0 Å². The number of aromatic nitrogens is 2. The molecule has 2 heterocycles. The van der Waals surface area contributed by atoms with Crippen LogP contribution in [-0.4, -0.2) is 9.97 Å². The molecule has 2 aromatic heterocycles. The lowest BCUT2D eigenvalue weighted by Crippen LogP contribution is -2.12. The molecule has 306 valence electrons. The van der Waals surface area contributed by atoms with E-state index in [0.29, 0.717) is 0 Å². The van der Waals surface area contributed by atoms with Crippen LogP contribution in [0.5, 0.6) is 0 Å². The number of hydrogen-bond acceptors (Lipinski definition) is 6. The van der Waals surface area contributed by atoms with Crippen molar-refractivity contribution >= 4 is 68.2 Å². The van der Waals surface area contributed by atoms with Gasteiger partial charge in [0, 0.05) is 80.4 Å². The van der Waals surface area contributed by atoms with Crippen LogP contribution in [0, 0.1) is 0 Å². The summed E-state index contributed by atoms with van der Waals surface area (Å²) in [7, 11) is 0. The molecule has 0 saturated carbocycles. The second-order valence-corrected chi connectivity index (χ2v) is 15.3. The van der Waals surface area contributed by atoms with Crippen LogP contribution in [0.15, 0.2) is 267 Å². The molecule has 10 rings (SSSR count). The smallest absolute Gasteiger partial charge is 0.0651 e. The third-order valence-corrected chi connectivity index (χ3v) is 11.1. The molecule has 0 spiro atoms. The highest BCUT2D eigenvalue weighted by Gasteiger charge is 2.19. The van der Waals surface area contributed by atoms with E-state index in [4.69, 9.17) is 9.97 Å². The van der Waals surface area contributed by atoms with E-state index >= 15 is 0 Å². The Hall–Kier alpha value is -8.74. The van der Waals surface area contributed by atoms with E-state index in [1.807, 2.05) is 61.2 Å². The van der Waals surface area contributed by atoms with Crippen molar-refractivity contribution in [2.45, 2.75) is 0 Å². The van der Waals surface area contributed by atoms with E-state index in [0.717, 1.165) is 79.4 Å². The number of pyridine rings is 2. The van der Waals surface area contributed by atoms with Crippen molar-refractivity contribution in [3.05, 3.63) is 267 Å². The lowest BCUT2D eigenvalue weighted by molar-refractivity contribution is 1.21. The van der Waals surface area contributed by atoms with Gasteiger partial charge in [-0.15, -0.1) is 0 Å². The number of nitrogens with zero attached hydrogens (tertiary/aromatic N) is 6. The minimum absolute atomic E-state index is 0.932. The van der Waals surface area contributed by atoms with Gasteiger partial charge in [0.2, 0.25) is 0 Å². The summed E-state index contributed by atoms with van der Waals surface area (Å²) >= 11 is 0. The highest BCUT2D eigenvalue weighted by atomic mass is 15.2. The third-order valence-electron chi connectivity index (χ3n) is 11.1. The van der Waals surface area contributed by atoms with Crippen LogP contribution in [0.1, 0.15) is 0 Å². The van der Waals surface area contributed by atoms with Crippen LogP contribution < -0.4 is 19.6 Å². The minimum atomic E-state index is 0.932. The van der Waals surface area contributed by atoms with Crippen LogP contribution in [0.2, 0.25) is 0 Å². The molecule has 8 aromatic carbocycles. The molecular weight excluding hydrogens is 781 g/mol. The molecule has 10 aromatic rings. The number of rotatable bonds is 13. The Morgan fingerprint density at radius 1 is 0.188 bits per heavy atom. The van der Waals surface area contributed by atoms with Gasteiger partial charge in [-0.05, 0) is 133 Å². The zero-order chi connectivity index (χ0) is 42.9. The fraction of sp³-hybridized carbons (Fsp3) is 0. The average Bonchev–Trinajstić information content (AvgIpc) is 3.37. The zero-order valence-electron chi connectivity index (χ0n) is 35.1. The highest BCUT2D eigenvalue weighted by Crippen LogP contribution is 2.42. The highest BCUT2D eigenvalue weighted by molar-refractivity contribution is 5.85. The van der Waals surface area contributed by atoms with Crippen LogP contribution in [0.25, 0.3) is 11.1 Å². The number of anilines is 12. The minimum Gasteiger partial charge on any atom is -0.311 e. The van der Waals surface area contributed by atoms with Crippen molar-refractivity contribution in [1.29, 1.82) is 0 Å². The molecule has 0 unspecified atom stereocenters. The lowest BCUT2D eigenvalue weighted by Gasteiger charge is -2.28. The largest absolute Gasteiger partial charge is 0.311 e. The molecule has 0 amide bonds. The van der Waals surface area contributed by atoms with Crippen molar-refractivity contribution < 1.29 is 0 Å². The van der Waals surface area contributed by atoms with Gasteiger partial charge in [0.15, 0.2) is 0 Å². The first kappa shape index (κ1) is 39.4. The van der Waals surface area contributed by atoms with Crippen molar-refractivity contribution in [2.75, 3.05) is 19.6 Å². The molecule has 0 saturated heterocycles. The van der Waals surface area contributed by atoms with Crippen molar-refractivity contribution in [1.82, 2.24) is 9.97 Å². The summed E-state index contributed by atoms with van der Waals surface area (Å²) in [6, 6.07) is 84.6. The predicted octanol–water partition coefficient (Wildman–Crippen LogP) is 16.0. The summed E-state index contributed by atoms with van der Waals surface area (Å²) in [5, 5.41) is 0. The van der Waals surface area contributed by atoms with Gasteiger partial charge in [0.25, 0.3) is 0 Å². The van der Waals surface area contributed by atoms with E-state index in [2.05, 4.69) is 226 Å². The standard InChI is InChI=1S/C58H44N6/c1-7-19-47(20-8-1)61(48-21-9-2-10-22-48)53-31-35-55(36-32-53)63(51-27-15-5-16-28-51)57-39-45(41-59-43-57)46-40-58(44-60-42-46)64(52-29-17-6-18-30-52)56-37-33-54(34-38-56)62(49-23-11-3-12-24-49)50-25-13-4-14-26-50/h1-44H. The Kier molecular flexibility index (Phi) is 11.4. The van der Waals surface area contributed by atoms with Crippen LogP contribution in [-0.2, 0) is 0 Å². The second-order valence-electron chi connectivity index (χ2n) is 15.3. The molecule has 0 bridgehead atoms. The van der Waals surface area contributed by atoms with E-state index in [1.54, 1.807) is 0 Å². The Balaban J connectivity index is 0.998. The molecule has 0 fully saturated rings. The summed E-state index contributed by atoms with van der Waals surface area (Å²) in [6.07, 6.45) is 7.68. The number of hydrogen-bond donors (Lipinski definition) is 0. The van der Waals surface area contributed by atoms with Gasteiger partial charge in [-0.2, -0.15) is 0 Å². The third kappa shape index (κ3) is 8.44. The van der Waals surface area contributed by atoms with E-state index < -0.39 is 0 Å². The first-order valence-corrected chi connectivity index (χ1v) is 21.4. The molecule has 0 aliphatic heterocycles. The Bertz CT molecular complexity index is 2740. The lowest BCUT2D eigenvalue weighted by atomic mass is 10.1. The zero-order valence-corrected chi connectivity index (χ0v) is 35.1. The van der Waals surface area contributed by atoms with E-state index in [-0.39, 0.29) is 0 Å². The number of para-hydroxylation sites is 6. The maximum atomic E-state index is 4.83. The molecule has 0 aliphatic carbocycles. The van der Waals surface area contributed by atoms with E-state index in [9.17, 15) is 0 Å². The monoisotopic (exact) mass is 824 g/mol. The molecular formula is C58H44N6. The first-order valence-electron chi connectivity index (χ1n) is 21.4. The van der Waals surface area contributed by atoms with E-state index in [1.165, 1.54) is 0 Å². The number of benzene rings is 8. The van der Waals surface area contributed by atoms with Gasteiger partial charge in [-0.1, -0.05) is 109 Å². The second kappa shape index (κ2) is 18.5. The molecule has 0 atom stereocenters. The Morgan fingerprint density at radius 2 is 0.375 bits per heavy atom. The van der Waals surface area contributed by atoms with Crippen molar-refractivity contribution in [3.63, 3.8) is 0 Å². The van der Waals surface area contributed by atoms with Crippen LogP contribution in [0.3, 0.4) is 0 Å². The van der Waals surface area contributed by atoms with Crippen LogP contribution in [0.4, 0.5) is 68.2 Å². The summed E-state index contributed by atoms with van der Waals surface area (Å²) in [6.45, 7) is 0. The maximum Gasteiger partial charge on any atom is 0.0651 e. The molecule has 0 N–H and O–H groups in total. The summed E-state index contributed by atoms with van der Waals surface area (Å²) in [5.41, 5.74) is 14.3. The molecule has 0 radical (unpaired) electrons. The maximum absolute atomic E-state index is 4.83. The van der Waals surface area contributed by atoms with Crippen molar-refractivity contribution in [3.8, 4) is 11.1 Å². The molecule has 6 nitrogen and oxygen atoms in total. The summed E-state index contributed by atoms with van der Waals surface area (Å²) in [4.78, 5) is 18.7. The Labute approximate surface area is 374 Å². The van der Waals surface area contributed by atoms with Gasteiger partial charge >= 0.3 is 0 Å². The van der Waals surface area contributed by atoms with Gasteiger partial charge in [-0.3, -0.25) is 9.97 Å². The topological polar surface area (TPSA) is 38.7 Å². The summed E-state index contributed by atoms with van der Waals surface area (Å²) in [5.74, 6) is 0. The average molecular weight is 825 g/mol. The predicted molar refractivity (Wildman–Crippen MR) is 266 cm³/mol. The molecule has 0 aliphatic rings. The molecule has 6 heteroatoms.